The Morgan fingerprint density at radius 2 is 1.88 bits per heavy atom. The van der Waals surface area contributed by atoms with Crippen LogP contribution in [0.5, 0.6) is 0 Å². The van der Waals surface area contributed by atoms with Crippen molar-refractivity contribution in [2.45, 2.75) is 19.4 Å². The summed E-state index contributed by atoms with van der Waals surface area (Å²) in [6.07, 6.45) is 1.61. The number of fused-ring (bicyclic) bond motifs is 2. The molecule has 24 heavy (non-hydrogen) atoms. The second kappa shape index (κ2) is 5.64. The molecular weight excluding hydrogens is 302 g/mol. The van der Waals surface area contributed by atoms with Crippen molar-refractivity contribution in [2.75, 3.05) is 7.11 Å². The third-order valence-electron chi connectivity index (χ3n) is 4.66. The zero-order valence-electron chi connectivity index (χ0n) is 13.4. The molecule has 0 unspecified atom stereocenters. The van der Waals surface area contributed by atoms with E-state index in [4.69, 9.17) is 4.74 Å². The predicted octanol–water partition coefficient (Wildman–Crippen LogP) is 3.40. The Hall–Kier alpha value is -2.88. The molecule has 3 aromatic rings. The zero-order chi connectivity index (χ0) is 16.7. The van der Waals surface area contributed by atoms with Crippen molar-refractivity contribution in [3.8, 4) is 11.1 Å². The topological polar surface area (TPSA) is 48.3 Å². The minimum atomic E-state index is -0.386. The van der Waals surface area contributed by atoms with Crippen LogP contribution in [0.3, 0.4) is 0 Å². The Balaban J connectivity index is 1.97. The molecule has 2 heterocycles. The van der Waals surface area contributed by atoms with Gasteiger partial charge in [-0.15, -0.1) is 0 Å². The van der Waals surface area contributed by atoms with Gasteiger partial charge in [0.05, 0.1) is 12.7 Å². The van der Waals surface area contributed by atoms with Gasteiger partial charge in [0.1, 0.15) is 0 Å². The second-order valence-corrected chi connectivity index (χ2v) is 6.03. The average Bonchev–Trinajstić information content (AvgIpc) is 3.11. The lowest BCUT2D eigenvalue weighted by molar-refractivity contribution is 0.0598. The fraction of sp³-hybridized carbons (Fsp3) is 0.200. The smallest absolute Gasteiger partial charge is 0.339 e. The number of carbonyl (C=O) groups is 1. The predicted molar refractivity (Wildman–Crippen MR) is 93.3 cm³/mol. The van der Waals surface area contributed by atoms with E-state index in [0.29, 0.717) is 17.7 Å². The van der Waals surface area contributed by atoms with Crippen LogP contribution in [0.1, 0.15) is 22.5 Å². The number of nitrogens with zero attached hydrogens (tertiary/aromatic N) is 1. The molecular formula is C20H17NO3. The fourth-order valence-electron chi connectivity index (χ4n) is 3.46. The van der Waals surface area contributed by atoms with Crippen LogP contribution >= 0.6 is 0 Å². The molecule has 0 radical (unpaired) electrons. The van der Waals surface area contributed by atoms with Crippen LogP contribution in [0, 0.1) is 0 Å². The molecule has 0 saturated carbocycles. The molecule has 120 valence electrons. The lowest BCUT2D eigenvalue weighted by Crippen LogP contribution is -2.24. The molecule has 4 rings (SSSR count). The number of hydrogen-bond acceptors (Lipinski definition) is 3. The minimum absolute atomic E-state index is 0.0366. The lowest BCUT2D eigenvalue weighted by atomic mass is 10.00. The van der Waals surface area contributed by atoms with Gasteiger partial charge in [-0.2, -0.15) is 0 Å². The summed E-state index contributed by atoms with van der Waals surface area (Å²) in [6, 6.07) is 15.6. The molecule has 1 aliphatic heterocycles. The number of ether oxygens (including phenoxy) is 1. The first-order valence-electron chi connectivity index (χ1n) is 8.03. The first kappa shape index (κ1) is 14.7. The van der Waals surface area contributed by atoms with Gasteiger partial charge in [-0.25, -0.2) is 4.79 Å². The summed E-state index contributed by atoms with van der Waals surface area (Å²) < 4.78 is 6.63. The van der Waals surface area contributed by atoms with Crippen molar-refractivity contribution in [1.82, 2.24) is 4.57 Å². The van der Waals surface area contributed by atoms with Crippen LogP contribution in [0.15, 0.2) is 53.3 Å². The molecule has 0 spiro atoms. The zero-order valence-corrected chi connectivity index (χ0v) is 13.4. The average molecular weight is 319 g/mol. The van der Waals surface area contributed by atoms with E-state index in [1.54, 1.807) is 10.6 Å². The first-order chi connectivity index (χ1) is 11.7. The summed E-state index contributed by atoms with van der Waals surface area (Å²) in [4.78, 5) is 25.0. The Morgan fingerprint density at radius 1 is 1.08 bits per heavy atom. The first-order valence-corrected chi connectivity index (χ1v) is 8.03. The van der Waals surface area contributed by atoms with Crippen LogP contribution in [-0.4, -0.2) is 17.6 Å². The van der Waals surface area contributed by atoms with E-state index in [1.807, 2.05) is 42.5 Å². The van der Waals surface area contributed by atoms with Gasteiger partial charge in [0.2, 0.25) is 0 Å². The highest BCUT2D eigenvalue weighted by Crippen LogP contribution is 2.26. The van der Waals surface area contributed by atoms with Gasteiger partial charge in [-0.05, 0) is 41.3 Å². The van der Waals surface area contributed by atoms with E-state index in [9.17, 15) is 9.59 Å². The standard InChI is InChI=1S/C20H17NO3/c1-24-20(23)17-12-16(19(22)21-10-4-7-18(17)21)15-9-8-13-5-2-3-6-14(13)11-15/h2-3,5-6,8-9,11-12H,4,7,10H2,1H3. The van der Waals surface area contributed by atoms with Crippen molar-refractivity contribution in [1.29, 1.82) is 0 Å². The van der Waals surface area contributed by atoms with Crippen LogP contribution in [0.25, 0.3) is 21.9 Å². The van der Waals surface area contributed by atoms with Gasteiger partial charge in [0.25, 0.3) is 5.56 Å². The summed E-state index contributed by atoms with van der Waals surface area (Å²) in [5, 5.41) is 2.19. The van der Waals surface area contributed by atoms with E-state index in [0.717, 1.165) is 34.9 Å². The van der Waals surface area contributed by atoms with Crippen LogP contribution in [0.2, 0.25) is 0 Å². The molecule has 1 aliphatic rings. The highest BCUT2D eigenvalue weighted by atomic mass is 16.5. The molecule has 0 fully saturated rings. The van der Waals surface area contributed by atoms with Crippen molar-refractivity contribution >= 4 is 16.7 Å². The maximum atomic E-state index is 12.9. The molecule has 0 atom stereocenters. The van der Waals surface area contributed by atoms with Gasteiger partial charge in [-0.1, -0.05) is 36.4 Å². The number of esters is 1. The van der Waals surface area contributed by atoms with E-state index in [-0.39, 0.29) is 11.5 Å². The number of hydrogen-bond donors (Lipinski definition) is 0. The molecule has 0 saturated heterocycles. The second-order valence-electron chi connectivity index (χ2n) is 6.03. The van der Waals surface area contributed by atoms with E-state index < -0.39 is 0 Å². The Labute approximate surface area is 139 Å². The van der Waals surface area contributed by atoms with Gasteiger partial charge >= 0.3 is 5.97 Å². The molecule has 0 amide bonds. The third kappa shape index (κ3) is 2.22. The summed E-state index contributed by atoms with van der Waals surface area (Å²) in [6.45, 7) is 0.652. The Kier molecular flexibility index (Phi) is 3.45. The van der Waals surface area contributed by atoms with Crippen molar-refractivity contribution in [2.24, 2.45) is 0 Å². The van der Waals surface area contributed by atoms with Crippen molar-refractivity contribution in [3.63, 3.8) is 0 Å². The fourth-order valence-corrected chi connectivity index (χ4v) is 3.46. The van der Waals surface area contributed by atoms with Crippen LogP contribution < -0.4 is 5.56 Å². The maximum absolute atomic E-state index is 12.9. The molecule has 0 N–H and O–H groups in total. The van der Waals surface area contributed by atoms with E-state index in [1.165, 1.54) is 7.11 Å². The largest absolute Gasteiger partial charge is 0.465 e. The Bertz CT molecular complexity index is 1020. The van der Waals surface area contributed by atoms with Crippen molar-refractivity contribution in [3.05, 3.63) is 70.1 Å². The maximum Gasteiger partial charge on any atom is 0.339 e. The normalized spacial score (nSPS) is 13.0. The van der Waals surface area contributed by atoms with Crippen LogP contribution in [0.4, 0.5) is 0 Å². The SMILES string of the molecule is COC(=O)c1cc(-c2ccc3ccccc3c2)c(=O)n2c1CCC2. The van der Waals surface area contributed by atoms with E-state index >= 15 is 0 Å². The summed E-state index contributed by atoms with van der Waals surface area (Å²) >= 11 is 0. The Morgan fingerprint density at radius 3 is 2.67 bits per heavy atom. The van der Waals surface area contributed by atoms with Crippen LogP contribution in [-0.2, 0) is 17.7 Å². The number of rotatable bonds is 2. The highest BCUT2D eigenvalue weighted by molar-refractivity contribution is 5.93. The number of pyridine rings is 1. The number of benzene rings is 2. The minimum Gasteiger partial charge on any atom is -0.465 e. The van der Waals surface area contributed by atoms with Gasteiger partial charge in [0.15, 0.2) is 0 Å². The summed E-state index contributed by atoms with van der Waals surface area (Å²) in [7, 11) is 1.37. The lowest BCUT2D eigenvalue weighted by Gasteiger charge is -2.12. The third-order valence-corrected chi connectivity index (χ3v) is 4.66. The number of methoxy groups -OCH3 is 1. The quantitative estimate of drug-likeness (QED) is 0.680. The molecule has 1 aromatic heterocycles. The monoisotopic (exact) mass is 319 g/mol. The van der Waals surface area contributed by atoms with Gasteiger partial charge < -0.3 is 9.30 Å². The van der Waals surface area contributed by atoms with Crippen molar-refractivity contribution < 1.29 is 9.53 Å². The number of aromatic nitrogens is 1. The summed E-state index contributed by atoms with van der Waals surface area (Å²) in [5.41, 5.74) is 2.62. The van der Waals surface area contributed by atoms with Gasteiger partial charge in [-0.3, -0.25) is 4.79 Å². The van der Waals surface area contributed by atoms with Gasteiger partial charge in [0, 0.05) is 17.8 Å². The summed E-state index contributed by atoms with van der Waals surface area (Å²) in [5.74, 6) is -0.386. The molecule has 2 aromatic carbocycles. The molecule has 0 bridgehead atoms. The molecule has 4 heteroatoms. The highest BCUT2D eigenvalue weighted by Gasteiger charge is 2.23. The molecule has 0 aliphatic carbocycles. The molecule has 4 nitrogen and oxygen atoms in total. The van der Waals surface area contributed by atoms with E-state index in [2.05, 4.69) is 0 Å². The number of carbonyl (C=O) groups excluding carboxylic acids is 1.